The van der Waals surface area contributed by atoms with Crippen molar-refractivity contribution in [2.45, 2.75) is 32.9 Å². The molecule has 0 aliphatic heterocycles. The molecule has 1 N–H and O–H groups in total. The number of aromatic nitrogens is 4. The van der Waals surface area contributed by atoms with Crippen molar-refractivity contribution in [1.82, 2.24) is 19.5 Å². The normalized spacial score (nSPS) is 11.0. The molecule has 0 bridgehead atoms. The first kappa shape index (κ1) is 14.4. The molecule has 2 aromatic heterocycles. The van der Waals surface area contributed by atoms with Crippen molar-refractivity contribution >= 4 is 17.0 Å². The summed E-state index contributed by atoms with van der Waals surface area (Å²) in [5.41, 5.74) is 2.24. The molecule has 0 aliphatic rings. The van der Waals surface area contributed by atoms with Crippen LogP contribution in [0.3, 0.4) is 0 Å². The maximum absolute atomic E-state index is 13.7. The summed E-state index contributed by atoms with van der Waals surface area (Å²) >= 11 is 0. The quantitative estimate of drug-likeness (QED) is 0.709. The number of unbranched alkanes of at least 4 members (excludes halogenated alkanes) is 1. The number of anilines is 1. The third kappa shape index (κ3) is 3.05. The van der Waals surface area contributed by atoms with Crippen LogP contribution in [0.2, 0.25) is 0 Å². The lowest BCUT2D eigenvalue weighted by Crippen LogP contribution is -2.06. The van der Waals surface area contributed by atoms with Gasteiger partial charge in [-0.05, 0) is 12.0 Å². The van der Waals surface area contributed by atoms with Crippen LogP contribution in [0.25, 0.3) is 11.2 Å². The predicted molar refractivity (Wildman–Crippen MR) is 84.0 cm³/mol. The van der Waals surface area contributed by atoms with E-state index in [0.717, 1.165) is 24.9 Å². The van der Waals surface area contributed by atoms with Gasteiger partial charge < -0.3 is 9.88 Å². The fraction of sp³-hybridized carbons (Fsp3) is 0.312. The topological polar surface area (TPSA) is 55.6 Å². The Morgan fingerprint density at radius 3 is 2.77 bits per heavy atom. The van der Waals surface area contributed by atoms with Crippen molar-refractivity contribution in [3.05, 3.63) is 48.3 Å². The van der Waals surface area contributed by atoms with Gasteiger partial charge in [0, 0.05) is 13.1 Å². The van der Waals surface area contributed by atoms with E-state index >= 15 is 0 Å². The van der Waals surface area contributed by atoms with Crippen LogP contribution in [-0.2, 0) is 13.1 Å². The van der Waals surface area contributed by atoms with Crippen molar-refractivity contribution in [3.63, 3.8) is 0 Å². The van der Waals surface area contributed by atoms with Gasteiger partial charge in [0.05, 0.1) is 6.33 Å². The molecule has 0 aliphatic carbocycles. The molecule has 0 spiro atoms. The van der Waals surface area contributed by atoms with Gasteiger partial charge in [0.15, 0.2) is 17.0 Å². The van der Waals surface area contributed by atoms with E-state index in [1.165, 1.54) is 0 Å². The van der Waals surface area contributed by atoms with Crippen molar-refractivity contribution in [1.29, 1.82) is 0 Å². The largest absolute Gasteiger partial charge is 0.364 e. The zero-order valence-electron chi connectivity index (χ0n) is 12.5. The first-order valence-electron chi connectivity index (χ1n) is 7.44. The van der Waals surface area contributed by atoms with Gasteiger partial charge in [0.2, 0.25) is 0 Å². The lowest BCUT2D eigenvalue weighted by Gasteiger charge is -2.07. The summed E-state index contributed by atoms with van der Waals surface area (Å²) in [5, 5.41) is 3.15. The predicted octanol–water partition coefficient (Wildman–Crippen LogP) is 3.38. The Hall–Kier alpha value is -2.50. The van der Waals surface area contributed by atoms with Crippen molar-refractivity contribution < 1.29 is 4.39 Å². The lowest BCUT2D eigenvalue weighted by molar-refractivity contribution is 0.540. The summed E-state index contributed by atoms with van der Waals surface area (Å²) in [5.74, 6) is 0.432. The van der Waals surface area contributed by atoms with Crippen molar-refractivity contribution in [2.75, 3.05) is 5.32 Å². The second-order valence-electron chi connectivity index (χ2n) is 5.14. The van der Waals surface area contributed by atoms with Gasteiger partial charge in [-0.2, -0.15) is 14.4 Å². The standard InChI is InChI=1S/C16H18FN5/c1-2-3-9-22-11-19-13-14(20-16(17)21-15(13)22)18-10-12-7-5-4-6-8-12/h4-8,11H,2-3,9-10H2,1H3,(H,18,20,21). The SMILES string of the molecule is CCCCn1cnc2c(NCc3ccccc3)nc(F)nc21. The zero-order valence-corrected chi connectivity index (χ0v) is 12.5. The number of rotatable bonds is 6. The maximum Gasteiger partial charge on any atom is 0.312 e. The number of imidazole rings is 1. The molecule has 0 saturated heterocycles. The molecule has 0 saturated carbocycles. The van der Waals surface area contributed by atoms with E-state index in [4.69, 9.17) is 0 Å². The lowest BCUT2D eigenvalue weighted by atomic mass is 10.2. The summed E-state index contributed by atoms with van der Waals surface area (Å²) in [6, 6.07) is 9.89. The number of hydrogen-bond donors (Lipinski definition) is 1. The van der Waals surface area contributed by atoms with Gasteiger partial charge in [0.25, 0.3) is 0 Å². The van der Waals surface area contributed by atoms with Crippen LogP contribution in [0, 0.1) is 6.08 Å². The van der Waals surface area contributed by atoms with E-state index in [0.29, 0.717) is 23.5 Å². The number of hydrogen-bond acceptors (Lipinski definition) is 4. The average molecular weight is 299 g/mol. The van der Waals surface area contributed by atoms with Crippen molar-refractivity contribution in [2.24, 2.45) is 0 Å². The van der Waals surface area contributed by atoms with E-state index < -0.39 is 6.08 Å². The zero-order chi connectivity index (χ0) is 15.4. The van der Waals surface area contributed by atoms with E-state index in [1.807, 2.05) is 34.9 Å². The molecule has 0 radical (unpaired) electrons. The smallest absolute Gasteiger partial charge is 0.312 e. The number of fused-ring (bicyclic) bond motifs is 1. The molecule has 1 aromatic carbocycles. The second-order valence-corrected chi connectivity index (χ2v) is 5.14. The van der Waals surface area contributed by atoms with Crippen LogP contribution in [0.5, 0.6) is 0 Å². The van der Waals surface area contributed by atoms with Crippen LogP contribution in [0.1, 0.15) is 25.3 Å². The Morgan fingerprint density at radius 2 is 2.00 bits per heavy atom. The highest BCUT2D eigenvalue weighted by Crippen LogP contribution is 2.19. The summed E-state index contributed by atoms with van der Waals surface area (Å²) in [7, 11) is 0. The maximum atomic E-state index is 13.7. The molecule has 3 aromatic rings. The monoisotopic (exact) mass is 299 g/mol. The molecular formula is C16H18FN5. The molecule has 0 amide bonds. The second kappa shape index (κ2) is 6.51. The summed E-state index contributed by atoms with van der Waals surface area (Å²) < 4.78 is 15.6. The number of aryl methyl sites for hydroxylation is 1. The summed E-state index contributed by atoms with van der Waals surface area (Å²) in [6.07, 6.45) is 3.03. The molecular weight excluding hydrogens is 281 g/mol. The Balaban J connectivity index is 1.87. The van der Waals surface area contributed by atoms with Gasteiger partial charge in [-0.3, -0.25) is 0 Å². The first-order chi connectivity index (χ1) is 10.8. The Kier molecular flexibility index (Phi) is 4.27. The number of nitrogens with one attached hydrogen (secondary N) is 1. The van der Waals surface area contributed by atoms with E-state index in [2.05, 4.69) is 27.2 Å². The van der Waals surface area contributed by atoms with Crippen LogP contribution >= 0.6 is 0 Å². The molecule has 2 heterocycles. The average Bonchev–Trinajstić information content (AvgIpc) is 2.94. The van der Waals surface area contributed by atoms with E-state index in [1.54, 1.807) is 6.33 Å². The molecule has 114 valence electrons. The summed E-state index contributed by atoms with van der Waals surface area (Å²) in [4.78, 5) is 12.1. The Morgan fingerprint density at radius 1 is 1.18 bits per heavy atom. The fourth-order valence-corrected chi connectivity index (χ4v) is 2.31. The molecule has 5 nitrogen and oxygen atoms in total. The number of halogens is 1. The molecule has 0 atom stereocenters. The Bertz CT molecular complexity index is 754. The third-order valence-electron chi connectivity index (χ3n) is 3.49. The first-order valence-corrected chi connectivity index (χ1v) is 7.44. The third-order valence-corrected chi connectivity index (χ3v) is 3.49. The van der Waals surface area contributed by atoms with E-state index in [-0.39, 0.29) is 0 Å². The van der Waals surface area contributed by atoms with Crippen LogP contribution in [0.15, 0.2) is 36.7 Å². The summed E-state index contributed by atoms with van der Waals surface area (Å²) in [6.45, 7) is 3.46. The Labute approximate surface area is 128 Å². The molecule has 0 fully saturated rings. The van der Waals surface area contributed by atoms with Gasteiger partial charge in [-0.1, -0.05) is 43.7 Å². The fourth-order valence-electron chi connectivity index (χ4n) is 2.31. The van der Waals surface area contributed by atoms with Gasteiger partial charge in [0.1, 0.15) is 0 Å². The van der Waals surface area contributed by atoms with Crippen LogP contribution < -0.4 is 5.32 Å². The highest BCUT2D eigenvalue weighted by molar-refractivity contribution is 5.82. The van der Waals surface area contributed by atoms with E-state index in [9.17, 15) is 4.39 Å². The molecule has 0 unspecified atom stereocenters. The number of nitrogens with zero attached hydrogens (tertiary/aromatic N) is 4. The molecule has 3 rings (SSSR count). The molecule has 22 heavy (non-hydrogen) atoms. The van der Waals surface area contributed by atoms with Gasteiger partial charge in [-0.15, -0.1) is 0 Å². The minimum Gasteiger partial charge on any atom is -0.364 e. The van der Waals surface area contributed by atoms with Crippen LogP contribution in [0.4, 0.5) is 10.2 Å². The van der Waals surface area contributed by atoms with Gasteiger partial charge in [-0.25, -0.2) is 4.98 Å². The highest BCUT2D eigenvalue weighted by atomic mass is 19.1. The van der Waals surface area contributed by atoms with Crippen LogP contribution in [-0.4, -0.2) is 19.5 Å². The molecule has 6 heteroatoms. The minimum atomic E-state index is -0.735. The highest BCUT2D eigenvalue weighted by Gasteiger charge is 2.13. The van der Waals surface area contributed by atoms with Crippen molar-refractivity contribution in [3.8, 4) is 0 Å². The van der Waals surface area contributed by atoms with Gasteiger partial charge >= 0.3 is 6.08 Å². The number of benzene rings is 1. The minimum absolute atomic E-state index is 0.432.